The quantitative estimate of drug-likeness (QED) is 0.475. The predicted octanol–water partition coefficient (Wildman–Crippen LogP) is 5.21. The molecule has 2 heterocycles. The van der Waals surface area contributed by atoms with Gasteiger partial charge in [-0.05, 0) is 61.9 Å². The smallest absolute Gasteiger partial charge is 0.336 e. The summed E-state index contributed by atoms with van der Waals surface area (Å²) in [6.07, 6.45) is 1.68. The van der Waals surface area contributed by atoms with Crippen molar-refractivity contribution in [2.75, 3.05) is 5.32 Å². The first kappa shape index (κ1) is 19.0. The molecule has 4 aromatic rings. The molecule has 0 fully saturated rings. The van der Waals surface area contributed by atoms with Gasteiger partial charge in [0, 0.05) is 28.2 Å². The highest BCUT2D eigenvalue weighted by Gasteiger charge is 2.15. The number of aryl methyl sites for hydroxylation is 2. The summed E-state index contributed by atoms with van der Waals surface area (Å²) in [7, 11) is 0. The molecule has 0 saturated carbocycles. The predicted molar refractivity (Wildman–Crippen MR) is 115 cm³/mol. The van der Waals surface area contributed by atoms with Gasteiger partial charge in [0.05, 0.1) is 5.56 Å². The fourth-order valence-corrected chi connectivity index (χ4v) is 3.96. The number of anilines is 1. The molecule has 0 unspecified atom stereocenters. The number of benzene rings is 2. The maximum absolute atomic E-state index is 12.9. The van der Waals surface area contributed by atoms with Gasteiger partial charge in [-0.15, -0.1) is 0 Å². The molecule has 0 spiro atoms. The number of nitrogens with one attached hydrogen (secondary N) is 1. The Kier molecular flexibility index (Phi) is 5.18. The van der Waals surface area contributed by atoms with Crippen molar-refractivity contribution in [1.82, 2.24) is 4.98 Å². The molecule has 0 bridgehead atoms. The number of aromatic nitrogens is 1. The lowest BCUT2D eigenvalue weighted by atomic mass is 10.2. The van der Waals surface area contributed by atoms with Gasteiger partial charge >= 0.3 is 5.63 Å². The zero-order valence-electron chi connectivity index (χ0n) is 15.9. The topological polar surface area (TPSA) is 72.2 Å². The number of carbonyl (C=O) groups excluding carboxylic acids is 1. The molecule has 0 saturated heterocycles. The Hall–Kier alpha value is -3.38. The van der Waals surface area contributed by atoms with Crippen molar-refractivity contribution in [3.63, 3.8) is 0 Å². The van der Waals surface area contributed by atoms with Crippen LogP contribution in [0.3, 0.4) is 0 Å². The van der Waals surface area contributed by atoms with Crippen LogP contribution < -0.4 is 10.9 Å². The Morgan fingerprint density at radius 3 is 2.72 bits per heavy atom. The minimum atomic E-state index is -0.405. The van der Waals surface area contributed by atoms with Gasteiger partial charge in [-0.2, -0.15) is 0 Å². The number of rotatable bonds is 4. The highest BCUT2D eigenvalue weighted by molar-refractivity contribution is 7.99. The lowest BCUT2D eigenvalue weighted by Crippen LogP contribution is -2.13. The van der Waals surface area contributed by atoms with E-state index in [0.29, 0.717) is 21.9 Å². The van der Waals surface area contributed by atoms with Crippen molar-refractivity contribution in [2.24, 2.45) is 0 Å². The molecule has 4 rings (SSSR count). The van der Waals surface area contributed by atoms with Crippen molar-refractivity contribution < 1.29 is 9.21 Å². The molecule has 29 heavy (non-hydrogen) atoms. The first-order chi connectivity index (χ1) is 14.0. The van der Waals surface area contributed by atoms with Crippen LogP contribution in [-0.4, -0.2) is 10.9 Å². The van der Waals surface area contributed by atoms with Gasteiger partial charge in [-0.3, -0.25) is 4.79 Å². The first-order valence-corrected chi connectivity index (χ1v) is 9.87. The third-order valence-corrected chi connectivity index (χ3v) is 5.63. The molecule has 0 atom stereocenters. The number of hydrogen-bond acceptors (Lipinski definition) is 5. The summed E-state index contributed by atoms with van der Waals surface area (Å²) in [6, 6.07) is 17.9. The summed E-state index contributed by atoms with van der Waals surface area (Å²) < 4.78 is 5.13. The molecule has 144 valence electrons. The Labute approximate surface area is 171 Å². The van der Waals surface area contributed by atoms with E-state index in [-0.39, 0.29) is 5.91 Å². The summed E-state index contributed by atoms with van der Waals surface area (Å²) in [6.45, 7) is 4.10. The summed E-state index contributed by atoms with van der Waals surface area (Å²) in [5.41, 5.74) is 3.52. The third-order valence-electron chi connectivity index (χ3n) is 4.43. The largest absolute Gasteiger partial charge is 0.423 e. The second kappa shape index (κ2) is 7.93. The molecular weight excluding hydrogens is 384 g/mol. The molecule has 0 radical (unpaired) electrons. The first-order valence-electron chi connectivity index (χ1n) is 9.05. The molecule has 1 N–H and O–H groups in total. The van der Waals surface area contributed by atoms with Crippen LogP contribution in [0, 0.1) is 13.8 Å². The second-order valence-electron chi connectivity index (χ2n) is 6.69. The number of carbonyl (C=O) groups is 1. The van der Waals surface area contributed by atoms with Crippen LogP contribution in [0.2, 0.25) is 0 Å². The van der Waals surface area contributed by atoms with Gasteiger partial charge in [0.25, 0.3) is 5.91 Å². The monoisotopic (exact) mass is 402 g/mol. The van der Waals surface area contributed by atoms with Gasteiger partial charge in [-0.25, -0.2) is 9.78 Å². The maximum Gasteiger partial charge on any atom is 0.336 e. The molecule has 0 aliphatic heterocycles. The van der Waals surface area contributed by atoms with Crippen LogP contribution in [-0.2, 0) is 0 Å². The standard InChI is InChI=1S/C23H18N2O3S/c1-14-5-9-20(15(2)12-14)29-23-18(4-3-11-24-23)22(27)25-17-7-8-19-16(13-17)6-10-21(26)28-19/h3-13H,1-2H3,(H,25,27). The van der Waals surface area contributed by atoms with Crippen LogP contribution in [0.25, 0.3) is 11.0 Å². The number of fused-ring (bicyclic) bond motifs is 1. The highest BCUT2D eigenvalue weighted by Crippen LogP contribution is 2.32. The van der Waals surface area contributed by atoms with Gasteiger partial charge in [-0.1, -0.05) is 29.5 Å². The summed E-state index contributed by atoms with van der Waals surface area (Å²) >= 11 is 1.47. The van der Waals surface area contributed by atoms with E-state index in [1.807, 2.05) is 19.1 Å². The van der Waals surface area contributed by atoms with Crippen LogP contribution in [0.4, 0.5) is 5.69 Å². The average molecular weight is 402 g/mol. The molecule has 6 heteroatoms. The highest BCUT2D eigenvalue weighted by atomic mass is 32.2. The van der Waals surface area contributed by atoms with Crippen molar-refractivity contribution in [3.05, 3.63) is 94.0 Å². The zero-order valence-corrected chi connectivity index (χ0v) is 16.7. The minimum Gasteiger partial charge on any atom is -0.423 e. The van der Waals surface area contributed by atoms with E-state index >= 15 is 0 Å². The molecule has 0 aliphatic rings. The zero-order chi connectivity index (χ0) is 20.4. The molecule has 5 nitrogen and oxygen atoms in total. The molecule has 2 aromatic heterocycles. The number of hydrogen-bond donors (Lipinski definition) is 1. The van der Waals surface area contributed by atoms with E-state index in [9.17, 15) is 9.59 Å². The van der Waals surface area contributed by atoms with E-state index < -0.39 is 5.63 Å². The minimum absolute atomic E-state index is 0.248. The van der Waals surface area contributed by atoms with E-state index in [2.05, 4.69) is 23.3 Å². The van der Waals surface area contributed by atoms with Gasteiger partial charge < -0.3 is 9.73 Å². The average Bonchev–Trinajstić information content (AvgIpc) is 2.70. The molecule has 0 aliphatic carbocycles. The van der Waals surface area contributed by atoms with Crippen molar-refractivity contribution in [1.29, 1.82) is 0 Å². The number of nitrogens with zero attached hydrogens (tertiary/aromatic N) is 1. The van der Waals surface area contributed by atoms with Gasteiger partial charge in [0.2, 0.25) is 0 Å². The van der Waals surface area contributed by atoms with Crippen LogP contribution >= 0.6 is 11.8 Å². The van der Waals surface area contributed by atoms with E-state index in [0.717, 1.165) is 15.8 Å². The van der Waals surface area contributed by atoms with E-state index in [1.54, 1.807) is 42.6 Å². The summed E-state index contributed by atoms with van der Waals surface area (Å²) in [5.74, 6) is -0.248. The Bertz CT molecular complexity index is 1280. The number of amides is 1. The van der Waals surface area contributed by atoms with Crippen molar-refractivity contribution in [3.8, 4) is 0 Å². The Morgan fingerprint density at radius 1 is 1.03 bits per heavy atom. The van der Waals surface area contributed by atoms with Crippen molar-refractivity contribution in [2.45, 2.75) is 23.8 Å². The lowest BCUT2D eigenvalue weighted by Gasteiger charge is -2.11. The third kappa shape index (κ3) is 4.22. The fourth-order valence-electron chi connectivity index (χ4n) is 3.01. The van der Waals surface area contributed by atoms with Gasteiger partial charge in [0.1, 0.15) is 10.6 Å². The Balaban J connectivity index is 1.61. The van der Waals surface area contributed by atoms with E-state index in [4.69, 9.17) is 4.42 Å². The summed E-state index contributed by atoms with van der Waals surface area (Å²) in [4.78, 5) is 29.7. The number of pyridine rings is 1. The lowest BCUT2D eigenvalue weighted by molar-refractivity contribution is 0.102. The van der Waals surface area contributed by atoms with Crippen molar-refractivity contribution >= 4 is 34.3 Å². The second-order valence-corrected chi connectivity index (χ2v) is 7.72. The summed E-state index contributed by atoms with van der Waals surface area (Å²) in [5, 5.41) is 4.28. The van der Waals surface area contributed by atoms with Crippen LogP contribution in [0.15, 0.2) is 86.0 Å². The normalized spacial score (nSPS) is 10.8. The fraction of sp³-hybridized carbons (Fsp3) is 0.0870. The van der Waals surface area contributed by atoms with Crippen LogP contribution in [0.1, 0.15) is 21.5 Å². The Morgan fingerprint density at radius 2 is 1.90 bits per heavy atom. The van der Waals surface area contributed by atoms with E-state index in [1.165, 1.54) is 23.4 Å². The molecular formula is C23H18N2O3S. The molecule has 2 aromatic carbocycles. The molecule has 1 amide bonds. The maximum atomic E-state index is 12.9. The van der Waals surface area contributed by atoms with Crippen LogP contribution in [0.5, 0.6) is 0 Å². The van der Waals surface area contributed by atoms with Gasteiger partial charge in [0.15, 0.2) is 0 Å². The SMILES string of the molecule is Cc1ccc(Sc2ncccc2C(=O)Nc2ccc3oc(=O)ccc3c2)c(C)c1.